The third-order valence-electron chi connectivity index (χ3n) is 16.1. The normalized spacial score (nSPS) is 27.0. The fourth-order valence-electron chi connectivity index (χ4n) is 10.4. The van der Waals surface area contributed by atoms with Gasteiger partial charge in [0.25, 0.3) is 0 Å². The number of methoxy groups -OCH3 is 2. The van der Waals surface area contributed by atoms with Crippen molar-refractivity contribution < 1.29 is 146 Å². The van der Waals surface area contributed by atoms with E-state index in [2.05, 4.69) is 15.2 Å². The third-order valence-corrected chi connectivity index (χ3v) is 16.6. The first-order valence-corrected chi connectivity index (χ1v) is 34.8. The molecule has 3 saturated heterocycles. The number of carbonyl (C=O) groups excluding carboxylic acids is 6. The lowest BCUT2D eigenvalue weighted by Crippen LogP contribution is -2.59. The smallest absolute Gasteiger partial charge is 0.387 e. The van der Waals surface area contributed by atoms with Crippen LogP contribution < -0.4 is 10.6 Å². The summed E-state index contributed by atoms with van der Waals surface area (Å²) in [6.07, 6.45) is -10.6. The van der Waals surface area contributed by atoms with E-state index >= 15 is 0 Å². The van der Waals surface area contributed by atoms with Gasteiger partial charge >= 0.3 is 7.82 Å². The predicted octanol–water partition coefficient (Wildman–Crippen LogP) is -0.602. The molecule has 0 aromatic rings. The van der Waals surface area contributed by atoms with Crippen LogP contribution in [0.25, 0.3) is 0 Å². The van der Waals surface area contributed by atoms with Gasteiger partial charge in [0.1, 0.15) is 96.4 Å². The second kappa shape index (κ2) is 48.7. The summed E-state index contributed by atoms with van der Waals surface area (Å²) in [5.74, 6) is -0.345. The summed E-state index contributed by atoms with van der Waals surface area (Å²) in [4.78, 5) is 93.5. The van der Waals surface area contributed by atoms with Crippen LogP contribution in [0, 0.1) is 5.41 Å². The summed E-state index contributed by atoms with van der Waals surface area (Å²) in [6.45, 7) is 2.76. The second-order valence-electron chi connectivity index (χ2n) is 24.8. The minimum absolute atomic E-state index is 0.00465. The van der Waals surface area contributed by atoms with Crippen LogP contribution in [0.4, 0.5) is 0 Å². The number of rotatable bonds is 56. The number of hydrogen-bond donors (Lipinski definition) is 13. The van der Waals surface area contributed by atoms with E-state index in [4.69, 9.17) is 61.9 Å². The van der Waals surface area contributed by atoms with E-state index in [1.807, 2.05) is 6.92 Å². The zero-order valence-corrected chi connectivity index (χ0v) is 56.3. The predicted molar refractivity (Wildman–Crippen MR) is 332 cm³/mol. The average Bonchev–Trinajstić information content (AvgIpc) is 0.839. The summed E-state index contributed by atoms with van der Waals surface area (Å²) in [5, 5.41) is 96.8. The molecule has 554 valence electrons. The largest absolute Gasteiger partial charge is 0.469 e. The number of ether oxygens (including phenoxy) is 11. The van der Waals surface area contributed by atoms with Gasteiger partial charge in [-0.05, 0) is 70.6 Å². The molecule has 0 bridgehead atoms. The minimum atomic E-state index is -4.90. The Morgan fingerprint density at radius 2 is 0.684 bits per heavy atom. The second-order valence-corrected chi connectivity index (χ2v) is 26.0. The van der Waals surface area contributed by atoms with Crippen molar-refractivity contribution in [3.8, 4) is 0 Å². The van der Waals surface area contributed by atoms with Gasteiger partial charge in [-0.3, -0.25) is 33.3 Å². The molecule has 0 spiro atoms. The van der Waals surface area contributed by atoms with Crippen LogP contribution in [0.3, 0.4) is 0 Å². The Morgan fingerprint density at radius 1 is 0.379 bits per heavy atom. The molecule has 3 heterocycles. The number of nitrogens with one attached hydrogen (secondary N) is 2. The van der Waals surface area contributed by atoms with Gasteiger partial charge in [-0.1, -0.05) is 19.8 Å². The van der Waals surface area contributed by atoms with Crippen LogP contribution in [0.15, 0.2) is 0 Å². The molecule has 0 aromatic carbocycles. The molecule has 3 aliphatic rings. The van der Waals surface area contributed by atoms with Crippen molar-refractivity contribution in [2.45, 2.75) is 247 Å². The van der Waals surface area contributed by atoms with Crippen molar-refractivity contribution in [1.29, 1.82) is 0 Å². The lowest BCUT2D eigenvalue weighted by Gasteiger charge is -2.40. The Balaban J connectivity index is 1.31. The number of amides is 2. The first-order valence-electron chi connectivity index (χ1n) is 33.2. The quantitative estimate of drug-likeness (QED) is 0.0267. The SMILES string of the molecule is COCC1OC(OCCCCC(=O)CCCCCC(=O)CCOCC(C)(COCCC(=O)CCCCCC(=O)CCCCOC2OC(COC)C(O)C(O)C2O)COCCC(=O)NCCCNC(=O)CCCCOC2OC(COP(=O)(O)O)C(O)C(O)C2O)C(O)C(O)C1O. The number of hydrogen-bond acceptors (Lipinski definition) is 28. The van der Waals surface area contributed by atoms with Crippen LogP contribution in [0.5, 0.6) is 0 Å². The molecule has 2 amide bonds. The molecular weight excluding hydrogens is 1280 g/mol. The third kappa shape index (κ3) is 36.2. The maximum atomic E-state index is 12.8. The number of carbonyl (C=O) groups is 6. The zero-order valence-electron chi connectivity index (χ0n) is 55.4. The highest BCUT2D eigenvalue weighted by atomic mass is 31.2. The van der Waals surface area contributed by atoms with Crippen molar-refractivity contribution in [3.63, 3.8) is 0 Å². The summed E-state index contributed by atoms with van der Waals surface area (Å²) >= 11 is 0. The van der Waals surface area contributed by atoms with E-state index in [1.54, 1.807) is 0 Å². The van der Waals surface area contributed by atoms with Gasteiger partial charge in [-0.15, -0.1) is 0 Å². The van der Waals surface area contributed by atoms with Crippen LogP contribution in [-0.2, 0) is 90.0 Å². The van der Waals surface area contributed by atoms with Crippen LogP contribution in [0.1, 0.15) is 155 Å². The molecule has 0 aromatic heterocycles. The standard InChI is InChI=1S/C62H111N2O30P/c1-62(38-85-32-24-43(67)19-8-4-6-17-41(65)21-10-13-29-88-59-56(77)53(74)50(71)45(92-59)35-83-2,39-86-33-25-44(68)20-9-5-7-18-42(66)22-11-14-30-89-60-57(78)54(75)51(72)46(93-60)36-84-3)40-87-34-26-49(70)64-28-16-27-63-48(69)23-12-15-31-90-61-58(79)55(76)52(73)47(94-61)37-91-95(80,81)82/h45-47,50-61,71-79H,4-40H2,1-3H3,(H,63,69)(H,64,70)(H2,80,81,82). The summed E-state index contributed by atoms with van der Waals surface area (Å²) in [7, 11) is -2.06. The highest BCUT2D eigenvalue weighted by Crippen LogP contribution is 2.37. The maximum Gasteiger partial charge on any atom is 0.469 e. The lowest BCUT2D eigenvalue weighted by molar-refractivity contribution is -0.302. The number of phosphoric ester groups is 1. The molecule has 3 rings (SSSR count). The average molecular weight is 1400 g/mol. The maximum absolute atomic E-state index is 12.8. The van der Waals surface area contributed by atoms with E-state index in [-0.39, 0.29) is 146 Å². The number of phosphoric acid groups is 1. The van der Waals surface area contributed by atoms with Gasteiger partial charge in [-0.2, -0.15) is 0 Å². The Kier molecular flexibility index (Phi) is 44.1. The topological polar surface area (TPSA) is 477 Å². The first kappa shape index (κ1) is 86.2. The Bertz CT molecular complexity index is 2110. The Morgan fingerprint density at radius 3 is 1.03 bits per heavy atom. The highest BCUT2D eigenvalue weighted by molar-refractivity contribution is 7.46. The van der Waals surface area contributed by atoms with Crippen molar-refractivity contribution in [2.75, 3.05) is 107 Å². The van der Waals surface area contributed by atoms with Crippen LogP contribution in [-0.4, -0.2) is 289 Å². The molecule has 3 fully saturated rings. The summed E-state index contributed by atoms with van der Waals surface area (Å²) in [5.41, 5.74) is -0.729. The number of ketones is 4. The Labute approximate surface area is 556 Å². The number of Topliss-reactive ketones (excluding diaryl/α,β-unsaturated/α-hetero) is 4. The van der Waals surface area contributed by atoms with Crippen LogP contribution in [0.2, 0.25) is 0 Å². The van der Waals surface area contributed by atoms with Crippen LogP contribution >= 0.6 is 7.82 Å². The molecule has 95 heavy (non-hydrogen) atoms. The van der Waals surface area contributed by atoms with Crippen molar-refractivity contribution in [3.05, 3.63) is 0 Å². The summed E-state index contributed by atoms with van der Waals surface area (Å²) < 4.78 is 76.3. The number of unbranched alkanes of at least 4 members (excludes halogenated alkanes) is 7. The highest BCUT2D eigenvalue weighted by Gasteiger charge is 2.47. The first-order chi connectivity index (χ1) is 45.3. The van der Waals surface area contributed by atoms with E-state index in [1.165, 1.54) is 14.2 Å². The molecule has 0 aliphatic carbocycles. The van der Waals surface area contributed by atoms with Gasteiger partial charge in [0.05, 0.1) is 59.5 Å². The molecule has 32 nitrogen and oxygen atoms in total. The molecule has 13 N–H and O–H groups in total. The fourth-order valence-corrected chi connectivity index (χ4v) is 10.7. The van der Waals surface area contributed by atoms with Gasteiger partial charge in [0.2, 0.25) is 11.8 Å². The van der Waals surface area contributed by atoms with Gasteiger partial charge < -0.3 is 118 Å². The lowest BCUT2D eigenvalue weighted by atomic mass is 9.94. The van der Waals surface area contributed by atoms with E-state index in [9.17, 15) is 79.3 Å². The number of aliphatic hydroxyl groups excluding tert-OH is 9. The van der Waals surface area contributed by atoms with Gasteiger partial charge in [0, 0.05) is 117 Å². The molecule has 15 atom stereocenters. The molecular formula is C62H111N2O30P. The van der Waals surface area contributed by atoms with E-state index in [0.29, 0.717) is 122 Å². The monoisotopic (exact) mass is 1390 g/mol. The molecule has 33 heteroatoms. The van der Waals surface area contributed by atoms with E-state index in [0.717, 1.165) is 0 Å². The number of aliphatic hydroxyl groups is 9. The molecule has 15 unspecified atom stereocenters. The minimum Gasteiger partial charge on any atom is -0.387 e. The van der Waals surface area contributed by atoms with Crippen molar-refractivity contribution in [2.24, 2.45) is 5.41 Å². The fraction of sp³-hybridized carbons (Fsp3) is 0.903. The van der Waals surface area contributed by atoms with Gasteiger partial charge in [0.15, 0.2) is 18.9 Å². The van der Waals surface area contributed by atoms with Gasteiger partial charge in [-0.25, -0.2) is 4.57 Å². The van der Waals surface area contributed by atoms with E-state index < -0.39 is 112 Å². The molecule has 0 saturated carbocycles. The summed E-state index contributed by atoms with van der Waals surface area (Å²) in [6, 6.07) is 0. The molecule has 3 aliphatic heterocycles. The zero-order chi connectivity index (χ0) is 70.2. The van der Waals surface area contributed by atoms with Crippen molar-refractivity contribution >= 4 is 42.8 Å². The van der Waals surface area contributed by atoms with Crippen molar-refractivity contribution in [1.82, 2.24) is 10.6 Å². The Hall–Kier alpha value is -3.07. The molecule has 0 radical (unpaired) electrons.